The van der Waals surface area contributed by atoms with E-state index in [4.69, 9.17) is 4.74 Å². The van der Waals surface area contributed by atoms with Crippen LogP contribution in [0, 0.1) is 0 Å². The Morgan fingerprint density at radius 1 is 1.28 bits per heavy atom. The standard InChI is InChI=1S/C22H29N5O5/c28-19(25-21-23-7-2-8-24-21)3-1-9-26-10-11-27(22(26)31)14-17(20(29)30)16-5-4-15-6-12-32-18(15)13-16/h4-5,13,17H,1-3,6-12,14H2,(H,29,30)(H2,23,24,25,28)/t17-/m0/s1. The van der Waals surface area contributed by atoms with E-state index in [1.54, 1.807) is 15.9 Å². The highest BCUT2D eigenvalue weighted by atomic mass is 16.5. The van der Waals surface area contributed by atoms with Gasteiger partial charge in [-0.25, -0.2) is 4.79 Å². The van der Waals surface area contributed by atoms with Gasteiger partial charge in [-0.3, -0.25) is 19.9 Å². The van der Waals surface area contributed by atoms with Crippen molar-refractivity contribution in [3.63, 3.8) is 0 Å². The molecule has 0 saturated carbocycles. The van der Waals surface area contributed by atoms with Crippen LogP contribution in [0.25, 0.3) is 0 Å². The maximum atomic E-state index is 12.8. The number of amides is 3. The van der Waals surface area contributed by atoms with Crippen molar-refractivity contribution in [2.24, 2.45) is 4.99 Å². The van der Waals surface area contributed by atoms with Crippen molar-refractivity contribution in [3.8, 4) is 5.75 Å². The minimum absolute atomic E-state index is 0.107. The summed E-state index contributed by atoms with van der Waals surface area (Å²) in [7, 11) is 0. The molecule has 0 aliphatic carbocycles. The molecule has 10 nitrogen and oxygen atoms in total. The third kappa shape index (κ3) is 5.12. The lowest BCUT2D eigenvalue weighted by Gasteiger charge is -2.22. The Labute approximate surface area is 186 Å². The Morgan fingerprint density at radius 3 is 2.91 bits per heavy atom. The first-order valence-electron chi connectivity index (χ1n) is 11.1. The number of urea groups is 1. The number of rotatable bonds is 8. The molecule has 0 aromatic heterocycles. The first-order chi connectivity index (χ1) is 15.5. The summed E-state index contributed by atoms with van der Waals surface area (Å²) in [5.74, 6) is -0.670. The van der Waals surface area contributed by atoms with E-state index in [9.17, 15) is 19.5 Å². The summed E-state index contributed by atoms with van der Waals surface area (Å²) >= 11 is 0. The maximum absolute atomic E-state index is 12.8. The van der Waals surface area contributed by atoms with Crippen LogP contribution in [0.1, 0.15) is 36.3 Å². The molecule has 0 bridgehead atoms. The van der Waals surface area contributed by atoms with Crippen molar-refractivity contribution in [1.82, 2.24) is 20.4 Å². The van der Waals surface area contributed by atoms with E-state index in [1.165, 1.54) is 0 Å². The number of carboxylic acid groups (broad SMARTS) is 1. The van der Waals surface area contributed by atoms with E-state index >= 15 is 0 Å². The van der Waals surface area contributed by atoms with Crippen LogP contribution >= 0.6 is 0 Å². The summed E-state index contributed by atoms with van der Waals surface area (Å²) < 4.78 is 5.56. The number of hydrogen-bond donors (Lipinski definition) is 3. The van der Waals surface area contributed by atoms with Gasteiger partial charge in [-0.05, 0) is 30.0 Å². The SMILES string of the molecule is O=C(CCCN1CCN(C[C@H](C(=O)O)c2ccc3c(c2)OCC3)C1=O)NC1=NCCCN1. The third-order valence-electron chi connectivity index (χ3n) is 5.99. The zero-order valence-corrected chi connectivity index (χ0v) is 18.0. The van der Waals surface area contributed by atoms with Crippen molar-refractivity contribution >= 4 is 23.9 Å². The fourth-order valence-corrected chi connectivity index (χ4v) is 4.20. The van der Waals surface area contributed by atoms with E-state index in [2.05, 4.69) is 15.6 Å². The highest BCUT2D eigenvalue weighted by Crippen LogP contribution is 2.30. The quantitative estimate of drug-likeness (QED) is 0.545. The number of carboxylic acids is 1. The van der Waals surface area contributed by atoms with Crippen LogP contribution in [0.5, 0.6) is 5.75 Å². The Kier molecular flexibility index (Phi) is 6.77. The normalized spacial score (nSPS) is 18.5. The molecule has 3 N–H and O–H groups in total. The lowest BCUT2D eigenvalue weighted by atomic mass is 9.96. The zero-order chi connectivity index (χ0) is 22.5. The molecule has 0 spiro atoms. The molecule has 3 heterocycles. The number of carbonyl (C=O) groups is 3. The molecule has 32 heavy (non-hydrogen) atoms. The second-order valence-corrected chi connectivity index (χ2v) is 8.23. The smallest absolute Gasteiger partial charge is 0.320 e. The van der Waals surface area contributed by atoms with Gasteiger partial charge in [-0.2, -0.15) is 0 Å². The maximum Gasteiger partial charge on any atom is 0.320 e. The number of fused-ring (bicyclic) bond motifs is 1. The van der Waals surface area contributed by atoms with Gasteiger partial charge in [-0.15, -0.1) is 0 Å². The number of aliphatic imine (C=N–C) groups is 1. The van der Waals surface area contributed by atoms with Crippen molar-refractivity contribution in [3.05, 3.63) is 29.3 Å². The van der Waals surface area contributed by atoms with E-state index < -0.39 is 11.9 Å². The van der Waals surface area contributed by atoms with Gasteiger partial charge >= 0.3 is 12.0 Å². The topological polar surface area (TPSA) is 124 Å². The lowest BCUT2D eigenvalue weighted by Crippen LogP contribution is -2.43. The Balaban J connectivity index is 1.27. The van der Waals surface area contributed by atoms with Crippen LogP contribution in [-0.2, 0) is 16.0 Å². The number of benzene rings is 1. The summed E-state index contributed by atoms with van der Waals surface area (Å²) in [6, 6.07) is 5.32. The molecule has 4 rings (SSSR count). The second-order valence-electron chi connectivity index (χ2n) is 8.23. The summed E-state index contributed by atoms with van der Waals surface area (Å²) in [5.41, 5.74) is 1.72. The molecule has 1 saturated heterocycles. The van der Waals surface area contributed by atoms with Crippen LogP contribution in [-0.4, -0.2) is 84.6 Å². The fourth-order valence-electron chi connectivity index (χ4n) is 4.20. The zero-order valence-electron chi connectivity index (χ0n) is 18.0. The van der Waals surface area contributed by atoms with Crippen molar-refractivity contribution in [2.45, 2.75) is 31.6 Å². The van der Waals surface area contributed by atoms with Crippen molar-refractivity contribution in [1.29, 1.82) is 0 Å². The van der Waals surface area contributed by atoms with Gasteiger partial charge in [-0.1, -0.05) is 12.1 Å². The van der Waals surface area contributed by atoms with Gasteiger partial charge in [0.05, 0.1) is 12.5 Å². The second kappa shape index (κ2) is 9.88. The number of nitrogens with zero attached hydrogens (tertiary/aromatic N) is 3. The van der Waals surface area contributed by atoms with Crippen LogP contribution in [0.3, 0.4) is 0 Å². The van der Waals surface area contributed by atoms with Gasteiger partial charge in [0, 0.05) is 52.1 Å². The molecule has 0 radical (unpaired) electrons. The van der Waals surface area contributed by atoms with Gasteiger partial charge in [0.2, 0.25) is 5.91 Å². The molecule has 1 aromatic rings. The van der Waals surface area contributed by atoms with E-state index in [-0.39, 0.29) is 24.9 Å². The molecule has 0 unspecified atom stereocenters. The number of aliphatic carboxylic acids is 1. The van der Waals surface area contributed by atoms with Gasteiger partial charge in [0.25, 0.3) is 0 Å². The number of nitrogens with one attached hydrogen (secondary N) is 2. The van der Waals surface area contributed by atoms with E-state index in [0.29, 0.717) is 50.7 Å². The fraction of sp³-hybridized carbons (Fsp3) is 0.545. The molecule has 3 aliphatic rings. The molecule has 1 fully saturated rings. The largest absolute Gasteiger partial charge is 0.493 e. The summed E-state index contributed by atoms with van der Waals surface area (Å²) in [6.45, 7) is 3.66. The average molecular weight is 444 g/mol. The van der Waals surface area contributed by atoms with Crippen molar-refractivity contribution in [2.75, 3.05) is 45.9 Å². The predicted octanol–water partition coefficient (Wildman–Crippen LogP) is 0.773. The lowest BCUT2D eigenvalue weighted by molar-refractivity contribution is -0.139. The number of hydrogen-bond acceptors (Lipinski definition) is 6. The molecule has 172 valence electrons. The monoisotopic (exact) mass is 443 g/mol. The summed E-state index contributed by atoms with van der Waals surface area (Å²) in [5, 5.41) is 15.6. The molecule has 10 heteroatoms. The van der Waals surface area contributed by atoms with Crippen LogP contribution in [0.2, 0.25) is 0 Å². The Bertz CT molecular complexity index is 918. The Hall–Kier alpha value is -3.30. The number of guanidine groups is 1. The van der Waals surface area contributed by atoms with Crippen molar-refractivity contribution < 1.29 is 24.2 Å². The molecule has 1 aromatic carbocycles. The third-order valence-corrected chi connectivity index (χ3v) is 5.99. The molecular weight excluding hydrogens is 414 g/mol. The van der Waals surface area contributed by atoms with Crippen LogP contribution < -0.4 is 15.4 Å². The number of carbonyl (C=O) groups excluding carboxylic acids is 2. The van der Waals surface area contributed by atoms with Gasteiger partial charge in [0.1, 0.15) is 5.75 Å². The van der Waals surface area contributed by atoms with E-state index in [0.717, 1.165) is 30.7 Å². The minimum atomic E-state index is -0.967. The molecule has 1 atom stereocenters. The van der Waals surface area contributed by atoms with Crippen LogP contribution in [0.15, 0.2) is 23.2 Å². The molecule has 3 aliphatic heterocycles. The van der Waals surface area contributed by atoms with Crippen LogP contribution in [0.4, 0.5) is 4.79 Å². The van der Waals surface area contributed by atoms with Gasteiger partial charge in [0.15, 0.2) is 5.96 Å². The van der Waals surface area contributed by atoms with E-state index in [1.807, 2.05) is 12.1 Å². The highest BCUT2D eigenvalue weighted by Gasteiger charge is 2.33. The molecular formula is C22H29N5O5. The minimum Gasteiger partial charge on any atom is -0.493 e. The highest BCUT2D eigenvalue weighted by molar-refractivity contribution is 5.97. The first kappa shape index (κ1) is 21.9. The predicted molar refractivity (Wildman–Crippen MR) is 117 cm³/mol. The molecule has 3 amide bonds. The Morgan fingerprint density at radius 2 is 2.12 bits per heavy atom. The average Bonchev–Trinajstić information content (AvgIpc) is 3.39. The first-order valence-corrected chi connectivity index (χ1v) is 11.1. The van der Waals surface area contributed by atoms with Gasteiger partial charge < -0.3 is 25.0 Å². The summed E-state index contributed by atoms with van der Waals surface area (Å²) in [4.78, 5) is 44.2. The summed E-state index contributed by atoms with van der Waals surface area (Å²) in [6.07, 6.45) is 2.60. The number of ether oxygens (including phenoxy) is 1.